The van der Waals surface area contributed by atoms with Crippen LogP contribution in [0.5, 0.6) is 5.88 Å². The summed E-state index contributed by atoms with van der Waals surface area (Å²) in [7, 11) is 0. The van der Waals surface area contributed by atoms with Gasteiger partial charge in [-0.05, 0) is 37.3 Å². The largest absolute Gasteiger partial charge is 0.477 e. The molecule has 0 atom stereocenters. The average Bonchev–Trinajstić information content (AvgIpc) is 3.07. The molecule has 0 spiro atoms. The van der Waals surface area contributed by atoms with Crippen molar-refractivity contribution in [3.8, 4) is 11.7 Å². The molecule has 28 heavy (non-hydrogen) atoms. The molecule has 0 fully saturated rings. The molecule has 0 aliphatic rings. The van der Waals surface area contributed by atoms with Gasteiger partial charge in [0.25, 0.3) is 5.91 Å². The average molecular weight is 455 g/mol. The predicted octanol–water partition coefficient (Wildman–Crippen LogP) is 4.70. The van der Waals surface area contributed by atoms with Crippen LogP contribution >= 0.6 is 15.9 Å². The second kappa shape index (κ2) is 8.01. The first-order valence-corrected chi connectivity index (χ1v) is 8.90. The Balaban J connectivity index is 1.84. The maximum absolute atomic E-state index is 13.3. The number of anilines is 1. The van der Waals surface area contributed by atoms with Gasteiger partial charge in [0, 0.05) is 16.1 Å². The van der Waals surface area contributed by atoms with Crippen LogP contribution in [0.25, 0.3) is 5.82 Å². The molecule has 0 saturated heterocycles. The lowest BCUT2D eigenvalue weighted by Crippen LogP contribution is -2.15. The van der Waals surface area contributed by atoms with Gasteiger partial charge in [-0.2, -0.15) is 13.2 Å². The number of pyridine rings is 1. The monoisotopic (exact) mass is 454 g/mol. The first kappa shape index (κ1) is 19.9. The van der Waals surface area contributed by atoms with Crippen LogP contribution in [0.2, 0.25) is 0 Å². The number of rotatable bonds is 5. The van der Waals surface area contributed by atoms with Gasteiger partial charge in [-0.3, -0.25) is 4.79 Å². The molecule has 0 bridgehead atoms. The lowest BCUT2D eigenvalue weighted by atomic mass is 10.2. The number of hydrogen-bond donors (Lipinski definition) is 1. The van der Waals surface area contributed by atoms with Crippen molar-refractivity contribution >= 4 is 27.5 Å². The Morgan fingerprint density at radius 1 is 1.25 bits per heavy atom. The maximum Gasteiger partial charge on any atom is 0.433 e. The molecule has 1 amide bonds. The molecule has 0 saturated carbocycles. The van der Waals surface area contributed by atoms with E-state index < -0.39 is 11.9 Å². The van der Waals surface area contributed by atoms with Crippen LogP contribution in [0.15, 0.2) is 53.1 Å². The van der Waals surface area contributed by atoms with Crippen LogP contribution in [-0.4, -0.2) is 27.3 Å². The lowest BCUT2D eigenvalue weighted by Gasteiger charge is -2.10. The number of aromatic nitrogens is 3. The van der Waals surface area contributed by atoms with E-state index in [-0.39, 0.29) is 24.2 Å². The fourth-order valence-corrected chi connectivity index (χ4v) is 2.77. The topological polar surface area (TPSA) is 69.0 Å². The minimum Gasteiger partial charge on any atom is -0.477 e. The number of hydrogen-bond acceptors (Lipinski definition) is 4. The van der Waals surface area contributed by atoms with Crippen LogP contribution < -0.4 is 10.1 Å². The van der Waals surface area contributed by atoms with E-state index in [0.29, 0.717) is 15.9 Å². The number of nitrogens with one attached hydrogen (secondary N) is 1. The quantitative estimate of drug-likeness (QED) is 0.606. The molecule has 1 N–H and O–H groups in total. The highest BCUT2D eigenvalue weighted by Gasteiger charge is 2.37. The van der Waals surface area contributed by atoms with Gasteiger partial charge in [-0.15, -0.1) is 5.10 Å². The number of amides is 1. The van der Waals surface area contributed by atoms with Gasteiger partial charge < -0.3 is 10.1 Å². The number of alkyl halides is 3. The van der Waals surface area contributed by atoms with Crippen LogP contribution in [0, 0.1) is 0 Å². The van der Waals surface area contributed by atoms with Crippen LogP contribution in [-0.2, 0) is 6.18 Å². The summed E-state index contributed by atoms with van der Waals surface area (Å²) < 4.78 is 46.2. The van der Waals surface area contributed by atoms with Crippen molar-refractivity contribution in [2.75, 3.05) is 11.9 Å². The number of nitrogens with zero attached hydrogens (tertiary/aromatic N) is 3. The molecule has 1 aromatic carbocycles. The molecule has 10 heteroatoms. The van der Waals surface area contributed by atoms with Gasteiger partial charge in [0.1, 0.15) is 0 Å². The Morgan fingerprint density at radius 2 is 2.04 bits per heavy atom. The molecule has 0 radical (unpaired) electrons. The van der Waals surface area contributed by atoms with Crippen molar-refractivity contribution in [1.82, 2.24) is 14.8 Å². The van der Waals surface area contributed by atoms with Gasteiger partial charge in [-0.25, -0.2) is 9.67 Å². The van der Waals surface area contributed by atoms with Gasteiger partial charge in [0.2, 0.25) is 5.88 Å². The van der Waals surface area contributed by atoms with E-state index >= 15 is 0 Å². The molecular weight excluding hydrogens is 441 g/mol. The predicted molar refractivity (Wildman–Crippen MR) is 99.6 cm³/mol. The van der Waals surface area contributed by atoms with Gasteiger partial charge >= 0.3 is 6.18 Å². The highest BCUT2D eigenvalue weighted by atomic mass is 79.9. The Labute approximate surface area is 166 Å². The third-order valence-corrected chi connectivity index (χ3v) is 4.07. The second-order valence-corrected chi connectivity index (χ2v) is 6.50. The minimum atomic E-state index is -4.63. The third kappa shape index (κ3) is 4.50. The van der Waals surface area contributed by atoms with E-state index in [4.69, 9.17) is 4.74 Å². The summed E-state index contributed by atoms with van der Waals surface area (Å²) in [5, 5.41) is 6.44. The molecule has 6 nitrogen and oxygen atoms in total. The SMILES string of the molecule is CCOc1cc(C(F)(F)F)n(-c2ccc(NC(=O)c3cccc(Br)c3)cn2)n1. The number of halogens is 4. The minimum absolute atomic E-state index is 0.0567. The summed E-state index contributed by atoms with van der Waals surface area (Å²) in [6.45, 7) is 1.83. The van der Waals surface area contributed by atoms with E-state index in [9.17, 15) is 18.0 Å². The van der Waals surface area contributed by atoms with Crippen molar-refractivity contribution in [2.45, 2.75) is 13.1 Å². The Hall–Kier alpha value is -2.88. The molecular formula is C18H14BrF3N4O2. The van der Waals surface area contributed by atoms with E-state index in [1.54, 1.807) is 31.2 Å². The number of carbonyl (C=O) groups is 1. The first-order valence-electron chi connectivity index (χ1n) is 8.11. The van der Waals surface area contributed by atoms with Crippen molar-refractivity contribution in [1.29, 1.82) is 0 Å². The summed E-state index contributed by atoms with van der Waals surface area (Å²) >= 11 is 3.28. The number of benzene rings is 1. The van der Waals surface area contributed by atoms with Gasteiger partial charge in [0.15, 0.2) is 11.5 Å². The summed E-state index contributed by atoms with van der Waals surface area (Å²) in [5.74, 6) is -0.577. The van der Waals surface area contributed by atoms with Crippen molar-refractivity contribution in [3.05, 3.63) is 64.4 Å². The smallest absolute Gasteiger partial charge is 0.433 e. The molecule has 2 aromatic heterocycles. The third-order valence-electron chi connectivity index (χ3n) is 3.58. The lowest BCUT2D eigenvalue weighted by molar-refractivity contribution is -0.142. The van der Waals surface area contributed by atoms with E-state index in [2.05, 4.69) is 31.3 Å². The summed E-state index contributed by atoms with van der Waals surface area (Å²) in [5.41, 5.74) is -0.250. The fourth-order valence-electron chi connectivity index (χ4n) is 2.37. The normalized spacial score (nSPS) is 11.3. The molecule has 3 aromatic rings. The summed E-state index contributed by atoms with van der Waals surface area (Å²) in [4.78, 5) is 16.2. The van der Waals surface area contributed by atoms with Crippen molar-refractivity contribution in [2.24, 2.45) is 0 Å². The molecule has 0 aliphatic carbocycles. The molecule has 0 unspecified atom stereocenters. The van der Waals surface area contributed by atoms with Crippen LogP contribution in [0.3, 0.4) is 0 Å². The maximum atomic E-state index is 13.3. The van der Waals surface area contributed by atoms with Gasteiger partial charge in [0.05, 0.1) is 18.5 Å². The van der Waals surface area contributed by atoms with Crippen LogP contribution in [0.1, 0.15) is 23.0 Å². The molecule has 0 aliphatic heterocycles. The van der Waals surface area contributed by atoms with E-state index in [0.717, 1.165) is 10.5 Å². The van der Waals surface area contributed by atoms with E-state index in [1.165, 1.54) is 18.3 Å². The van der Waals surface area contributed by atoms with E-state index in [1.807, 2.05) is 0 Å². The summed E-state index contributed by atoms with van der Waals surface area (Å²) in [6, 6.07) is 10.4. The van der Waals surface area contributed by atoms with Crippen molar-refractivity contribution in [3.63, 3.8) is 0 Å². The summed E-state index contributed by atoms with van der Waals surface area (Å²) in [6.07, 6.45) is -3.37. The zero-order valence-corrected chi connectivity index (χ0v) is 16.1. The fraction of sp³-hybridized carbons (Fsp3) is 0.167. The zero-order valence-electron chi connectivity index (χ0n) is 14.5. The Kier molecular flexibility index (Phi) is 5.68. The number of carbonyl (C=O) groups excluding carboxylic acids is 1. The van der Waals surface area contributed by atoms with Crippen molar-refractivity contribution < 1.29 is 22.7 Å². The molecule has 3 rings (SSSR count). The zero-order chi connectivity index (χ0) is 20.3. The highest BCUT2D eigenvalue weighted by molar-refractivity contribution is 9.10. The Bertz CT molecular complexity index is 987. The molecule has 146 valence electrons. The van der Waals surface area contributed by atoms with Crippen LogP contribution in [0.4, 0.5) is 18.9 Å². The first-order chi connectivity index (χ1) is 13.3. The molecule has 2 heterocycles. The standard InChI is InChI=1S/C18H14BrF3N4O2/c1-2-28-16-9-14(18(20,21)22)26(25-16)15-7-6-13(10-23-15)24-17(27)11-4-3-5-12(19)8-11/h3-10H,2H2,1H3,(H,24,27). The Morgan fingerprint density at radius 3 is 2.64 bits per heavy atom. The van der Waals surface area contributed by atoms with Gasteiger partial charge in [-0.1, -0.05) is 22.0 Å². The number of ether oxygens (including phenoxy) is 1. The second-order valence-electron chi connectivity index (χ2n) is 5.58. The highest BCUT2D eigenvalue weighted by Crippen LogP contribution is 2.33.